The van der Waals surface area contributed by atoms with Crippen LogP contribution in [0.15, 0.2) is 30.6 Å². The van der Waals surface area contributed by atoms with Crippen molar-refractivity contribution in [3.05, 3.63) is 42.0 Å². The van der Waals surface area contributed by atoms with Crippen molar-refractivity contribution in [3.63, 3.8) is 0 Å². The van der Waals surface area contributed by atoms with Gasteiger partial charge in [0.15, 0.2) is 0 Å². The summed E-state index contributed by atoms with van der Waals surface area (Å²) in [6.45, 7) is 6.13. The zero-order valence-electron chi connectivity index (χ0n) is 11.1. The Morgan fingerprint density at radius 1 is 1.22 bits per heavy atom. The smallest absolute Gasteiger partial charge is 0.134 e. The Labute approximate surface area is 108 Å². The summed E-state index contributed by atoms with van der Waals surface area (Å²) in [5.41, 5.74) is 2.44. The average molecular weight is 244 g/mol. The number of rotatable bonds is 6. The van der Waals surface area contributed by atoms with E-state index in [9.17, 15) is 0 Å². The predicted octanol–water partition coefficient (Wildman–Crippen LogP) is 2.65. The summed E-state index contributed by atoms with van der Waals surface area (Å²) in [5.74, 6) is 1.05. The van der Waals surface area contributed by atoms with Crippen LogP contribution in [0.25, 0.3) is 0 Å². The SMILES string of the molecule is CCCn1cnnc1CCNc1ccc(C)cc1. The highest BCUT2D eigenvalue weighted by atomic mass is 15.3. The van der Waals surface area contributed by atoms with Crippen LogP contribution in [0.3, 0.4) is 0 Å². The van der Waals surface area contributed by atoms with E-state index >= 15 is 0 Å². The molecule has 0 bridgehead atoms. The maximum absolute atomic E-state index is 4.15. The van der Waals surface area contributed by atoms with Gasteiger partial charge in [-0.2, -0.15) is 0 Å². The van der Waals surface area contributed by atoms with Gasteiger partial charge < -0.3 is 9.88 Å². The summed E-state index contributed by atoms with van der Waals surface area (Å²) in [4.78, 5) is 0. The average Bonchev–Trinajstić information content (AvgIpc) is 2.80. The molecule has 2 aromatic rings. The zero-order valence-corrected chi connectivity index (χ0v) is 11.1. The summed E-state index contributed by atoms with van der Waals surface area (Å²) < 4.78 is 2.12. The lowest BCUT2D eigenvalue weighted by molar-refractivity contribution is 0.638. The van der Waals surface area contributed by atoms with E-state index in [1.807, 2.05) is 6.33 Å². The van der Waals surface area contributed by atoms with E-state index < -0.39 is 0 Å². The van der Waals surface area contributed by atoms with Crippen LogP contribution in [0.4, 0.5) is 5.69 Å². The van der Waals surface area contributed by atoms with Crippen LogP contribution in [0.1, 0.15) is 24.7 Å². The Bertz CT molecular complexity index is 473. The monoisotopic (exact) mass is 244 g/mol. The molecule has 0 unspecified atom stereocenters. The molecule has 4 heteroatoms. The van der Waals surface area contributed by atoms with Crippen LogP contribution in [-0.2, 0) is 13.0 Å². The highest BCUT2D eigenvalue weighted by Crippen LogP contribution is 2.08. The van der Waals surface area contributed by atoms with Crippen molar-refractivity contribution in [2.45, 2.75) is 33.2 Å². The molecule has 0 atom stereocenters. The van der Waals surface area contributed by atoms with Gasteiger partial charge in [-0.1, -0.05) is 24.6 Å². The fourth-order valence-electron chi connectivity index (χ4n) is 1.89. The summed E-state index contributed by atoms with van der Waals surface area (Å²) in [7, 11) is 0. The third-order valence-electron chi connectivity index (χ3n) is 2.89. The van der Waals surface area contributed by atoms with Gasteiger partial charge in [-0.25, -0.2) is 0 Å². The van der Waals surface area contributed by atoms with Gasteiger partial charge in [0, 0.05) is 25.2 Å². The Balaban J connectivity index is 1.84. The maximum atomic E-state index is 4.15. The second-order valence-electron chi connectivity index (χ2n) is 4.48. The van der Waals surface area contributed by atoms with Crippen LogP contribution in [0.2, 0.25) is 0 Å². The summed E-state index contributed by atoms with van der Waals surface area (Å²) in [6.07, 6.45) is 3.81. The number of nitrogens with zero attached hydrogens (tertiary/aromatic N) is 3. The summed E-state index contributed by atoms with van der Waals surface area (Å²) >= 11 is 0. The maximum Gasteiger partial charge on any atom is 0.134 e. The van der Waals surface area contributed by atoms with Crippen LogP contribution in [0, 0.1) is 6.92 Å². The standard InChI is InChI=1S/C14H20N4/c1-3-10-18-11-16-17-14(18)8-9-15-13-6-4-12(2)5-7-13/h4-7,11,15H,3,8-10H2,1-2H3. The fraction of sp³-hybridized carbons (Fsp3) is 0.429. The molecule has 18 heavy (non-hydrogen) atoms. The molecular weight excluding hydrogens is 224 g/mol. The number of aryl methyl sites for hydroxylation is 2. The van der Waals surface area contributed by atoms with Crippen LogP contribution < -0.4 is 5.32 Å². The molecule has 0 radical (unpaired) electrons. The Morgan fingerprint density at radius 3 is 2.72 bits per heavy atom. The molecule has 96 valence electrons. The van der Waals surface area contributed by atoms with E-state index in [2.05, 4.69) is 58.2 Å². The third-order valence-corrected chi connectivity index (χ3v) is 2.89. The number of hydrogen-bond acceptors (Lipinski definition) is 3. The van der Waals surface area contributed by atoms with Gasteiger partial charge in [-0.15, -0.1) is 10.2 Å². The molecule has 0 saturated carbocycles. The van der Waals surface area contributed by atoms with E-state index in [0.717, 1.165) is 37.4 Å². The highest BCUT2D eigenvalue weighted by molar-refractivity contribution is 5.44. The van der Waals surface area contributed by atoms with Crippen molar-refractivity contribution in [2.24, 2.45) is 0 Å². The molecule has 0 fully saturated rings. The fourth-order valence-corrected chi connectivity index (χ4v) is 1.89. The lowest BCUT2D eigenvalue weighted by Gasteiger charge is -2.07. The van der Waals surface area contributed by atoms with Gasteiger partial charge in [0.05, 0.1) is 0 Å². The second-order valence-corrected chi connectivity index (χ2v) is 4.48. The van der Waals surface area contributed by atoms with Gasteiger partial charge in [-0.05, 0) is 25.5 Å². The molecule has 0 saturated heterocycles. The number of benzene rings is 1. The van der Waals surface area contributed by atoms with Gasteiger partial charge in [0.1, 0.15) is 12.2 Å². The number of aromatic nitrogens is 3. The van der Waals surface area contributed by atoms with Crippen molar-refractivity contribution in [1.82, 2.24) is 14.8 Å². The van der Waals surface area contributed by atoms with Crippen LogP contribution >= 0.6 is 0 Å². The van der Waals surface area contributed by atoms with Crippen molar-refractivity contribution in [2.75, 3.05) is 11.9 Å². The van der Waals surface area contributed by atoms with Crippen LogP contribution in [-0.4, -0.2) is 21.3 Å². The molecule has 1 heterocycles. The molecule has 1 N–H and O–H groups in total. The highest BCUT2D eigenvalue weighted by Gasteiger charge is 2.02. The Hall–Kier alpha value is -1.84. The predicted molar refractivity (Wildman–Crippen MR) is 73.7 cm³/mol. The summed E-state index contributed by atoms with van der Waals surface area (Å²) in [5, 5.41) is 11.5. The van der Waals surface area contributed by atoms with Crippen molar-refractivity contribution in [1.29, 1.82) is 0 Å². The molecule has 1 aromatic heterocycles. The number of hydrogen-bond donors (Lipinski definition) is 1. The van der Waals surface area contributed by atoms with E-state index in [1.54, 1.807) is 0 Å². The van der Waals surface area contributed by atoms with E-state index in [1.165, 1.54) is 5.56 Å². The second kappa shape index (κ2) is 6.19. The van der Waals surface area contributed by atoms with Gasteiger partial charge in [0.2, 0.25) is 0 Å². The Morgan fingerprint density at radius 2 is 2.00 bits per heavy atom. The molecule has 0 aliphatic rings. The number of anilines is 1. The van der Waals surface area contributed by atoms with E-state index in [4.69, 9.17) is 0 Å². The Kier molecular flexibility index (Phi) is 4.34. The first-order valence-corrected chi connectivity index (χ1v) is 6.47. The first-order chi connectivity index (χ1) is 8.79. The normalized spacial score (nSPS) is 10.6. The molecular formula is C14H20N4. The van der Waals surface area contributed by atoms with Crippen LogP contribution in [0.5, 0.6) is 0 Å². The van der Waals surface area contributed by atoms with E-state index in [0.29, 0.717) is 0 Å². The van der Waals surface area contributed by atoms with Gasteiger partial charge in [-0.3, -0.25) is 0 Å². The molecule has 4 nitrogen and oxygen atoms in total. The molecule has 0 amide bonds. The largest absolute Gasteiger partial charge is 0.385 e. The van der Waals surface area contributed by atoms with E-state index in [-0.39, 0.29) is 0 Å². The number of nitrogens with one attached hydrogen (secondary N) is 1. The quantitative estimate of drug-likeness (QED) is 0.849. The van der Waals surface area contributed by atoms with Gasteiger partial charge >= 0.3 is 0 Å². The zero-order chi connectivity index (χ0) is 12.8. The minimum Gasteiger partial charge on any atom is -0.385 e. The van der Waals surface area contributed by atoms with Crippen molar-refractivity contribution in [3.8, 4) is 0 Å². The minimum atomic E-state index is 0.880. The van der Waals surface area contributed by atoms with Gasteiger partial charge in [0.25, 0.3) is 0 Å². The molecule has 0 aliphatic carbocycles. The lowest BCUT2D eigenvalue weighted by Crippen LogP contribution is -2.10. The molecule has 0 spiro atoms. The first-order valence-electron chi connectivity index (χ1n) is 6.47. The minimum absolute atomic E-state index is 0.880. The molecule has 0 aliphatic heterocycles. The molecule has 2 rings (SSSR count). The summed E-state index contributed by atoms with van der Waals surface area (Å²) in [6, 6.07) is 8.43. The lowest BCUT2D eigenvalue weighted by atomic mass is 10.2. The van der Waals surface area contributed by atoms with Crippen molar-refractivity contribution < 1.29 is 0 Å². The third kappa shape index (κ3) is 3.32. The topological polar surface area (TPSA) is 42.7 Å². The van der Waals surface area contributed by atoms with Crippen molar-refractivity contribution >= 4 is 5.69 Å². The first kappa shape index (κ1) is 12.6. The molecule has 1 aromatic carbocycles.